The molecule has 0 unspecified atom stereocenters. The van der Waals surface area contributed by atoms with Gasteiger partial charge in [0.1, 0.15) is 0 Å². The lowest BCUT2D eigenvalue weighted by Gasteiger charge is -2.37. The Balaban J connectivity index is 1.44. The van der Waals surface area contributed by atoms with Crippen molar-refractivity contribution in [3.05, 3.63) is 85.2 Å². The number of likely N-dealkylation sites (tertiary alicyclic amines) is 1. The molecule has 0 aliphatic carbocycles. The highest BCUT2D eigenvalue weighted by atomic mass is 16.5. The number of aryl methyl sites for hydroxylation is 3. The maximum atomic E-state index is 13.9. The van der Waals surface area contributed by atoms with Crippen molar-refractivity contribution in [3.63, 3.8) is 0 Å². The first-order valence-electron chi connectivity index (χ1n) is 15.9. The highest BCUT2D eigenvalue weighted by molar-refractivity contribution is 5.99. The van der Waals surface area contributed by atoms with Gasteiger partial charge >= 0.3 is 5.69 Å². The molecule has 10 heteroatoms. The van der Waals surface area contributed by atoms with E-state index in [0.29, 0.717) is 17.2 Å². The first kappa shape index (κ1) is 30.9. The molecule has 0 bridgehead atoms. The Labute approximate surface area is 263 Å². The molecule has 0 saturated carbocycles. The zero-order chi connectivity index (χ0) is 32.0. The maximum Gasteiger partial charge on any atom is 0.329 e. The van der Waals surface area contributed by atoms with Gasteiger partial charge in [0.2, 0.25) is 0 Å². The molecule has 2 aromatic heterocycles. The lowest BCUT2D eigenvalue weighted by Crippen LogP contribution is -2.47. The minimum absolute atomic E-state index is 0.0111. The van der Waals surface area contributed by atoms with E-state index < -0.39 is 0 Å². The molecule has 2 saturated heterocycles. The average molecular weight is 613 g/mol. The summed E-state index contributed by atoms with van der Waals surface area (Å²) in [6.07, 6.45) is 1.85. The Morgan fingerprint density at radius 1 is 1.00 bits per heavy atom. The second kappa shape index (κ2) is 12.3. The van der Waals surface area contributed by atoms with Crippen molar-refractivity contribution in [2.75, 3.05) is 44.8 Å². The van der Waals surface area contributed by atoms with E-state index in [-0.39, 0.29) is 29.7 Å². The van der Waals surface area contributed by atoms with E-state index in [1.165, 1.54) is 0 Å². The summed E-state index contributed by atoms with van der Waals surface area (Å²) >= 11 is 0. The maximum absolute atomic E-state index is 13.9. The van der Waals surface area contributed by atoms with E-state index >= 15 is 0 Å². The quantitative estimate of drug-likeness (QED) is 0.311. The number of aromatic amines is 1. The van der Waals surface area contributed by atoms with Crippen LogP contribution < -0.4 is 21.5 Å². The normalized spacial score (nSPS) is 16.2. The summed E-state index contributed by atoms with van der Waals surface area (Å²) in [6, 6.07) is 12.6. The smallest absolute Gasteiger partial charge is 0.329 e. The SMILES string of the molecule is CCN(c1cc(-c2ccc3c(c2)n(C2CN(C)C2)c(=O)n3C)cc(C(=O)NCc2c(C)cc(C)[nH]c2=O)c1C)C1CCOCC1. The molecule has 238 valence electrons. The standard InChI is InChI=1S/C35H44N6O4/c1-7-40(26-10-12-45-13-11-26)31-17-25(15-28(23(31)4)33(42)36-18-29-21(2)14-22(3)37-34(29)43)24-8-9-30-32(16-24)41(35(44)39(30)6)27-19-38(5)20-27/h8-9,14-17,26-27H,7,10-13,18-20H2,1-6H3,(H,36,42)(H,37,43). The fourth-order valence-corrected chi connectivity index (χ4v) is 7.12. The van der Waals surface area contributed by atoms with Gasteiger partial charge in [-0.2, -0.15) is 0 Å². The molecular weight excluding hydrogens is 568 g/mol. The third-order valence-electron chi connectivity index (χ3n) is 9.66. The Morgan fingerprint density at radius 2 is 1.73 bits per heavy atom. The zero-order valence-electron chi connectivity index (χ0n) is 27.2. The summed E-state index contributed by atoms with van der Waals surface area (Å²) in [5.41, 5.74) is 8.12. The molecule has 0 spiro atoms. The third kappa shape index (κ3) is 5.73. The summed E-state index contributed by atoms with van der Waals surface area (Å²) in [4.78, 5) is 47.3. The minimum atomic E-state index is -0.229. The molecule has 2 fully saturated rings. The molecule has 10 nitrogen and oxygen atoms in total. The van der Waals surface area contributed by atoms with Gasteiger partial charge in [0, 0.05) is 75.0 Å². The predicted octanol–water partition coefficient (Wildman–Crippen LogP) is 4.04. The largest absolute Gasteiger partial charge is 0.381 e. The van der Waals surface area contributed by atoms with Crippen LogP contribution in [0, 0.1) is 20.8 Å². The first-order chi connectivity index (χ1) is 21.6. The van der Waals surface area contributed by atoms with Crippen LogP contribution in [-0.4, -0.2) is 70.9 Å². The second-order valence-corrected chi connectivity index (χ2v) is 12.7. The third-order valence-corrected chi connectivity index (χ3v) is 9.66. The number of nitrogens with one attached hydrogen (secondary N) is 2. The number of rotatable bonds is 8. The summed E-state index contributed by atoms with van der Waals surface area (Å²) < 4.78 is 9.31. The fourth-order valence-electron chi connectivity index (χ4n) is 7.12. The van der Waals surface area contributed by atoms with Crippen LogP contribution in [0.5, 0.6) is 0 Å². The number of fused-ring (bicyclic) bond motifs is 1. The van der Waals surface area contributed by atoms with Gasteiger partial charge in [-0.3, -0.25) is 18.7 Å². The molecule has 1 amide bonds. The van der Waals surface area contributed by atoms with Gasteiger partial charge in [0.25, 0.3) is 11.5 Å². The fraction of sp³-hybridized carbons (Fsp3) is 0.457. The molecule has 2 aliphatic heterocycles. The van der Waals surface area contributed by atoms with Crippen molar-refractivity contribution in [2.45, 2.75) is 59.2 Å². The van der Waals surface area contributed by atoms with Crippen LogP contribution in [-0.2, 0) is 18.3 Å². The number of anilines is 1. The Hall–Kier alpha value is -4.15. The van der Waals surface area contributed by atoms with Crippen molar-refractivity contribution in [3.8, 4) is 11.1 Å². The number of benzene rings is 2. The Bertz CT molecular complexity index is 1870. The lowest BCUT2D eigenvalue weighted by molar-refractivity contribution is 0.0846. The van der Waals surface area contributed by atoms with E-state index in [1.807, 2.05) is 56.7 Å². The summed E-state index contributed by atoms with van der Waals surface area (Å²) in [7, 11) is 3.89. The number of carbonyl (C=O) groups excluding carboxylic acids is 1. The molecule has 4 heterocycles. The number of carbonyl (C=O) groups is 1. The van der Waals surface area contributed by atoms with Crippen molar-refractivity contribution >= 4 is 22.6 Å². The van der Waals surface area contributed by atoms with Gasteiger partial charge in [-0.1, -0.05) is 6.07 Å². The molecule has 0 atom stereocenters. The second-order valence-electron chi connectivity index (χ2n) is 12.7. The minimum Gasteiger partial charge on any atom is -0.381 e. The van der Waals surface area contributed by atoms with Crippen LogP contribution in [0.1, 0.15) is 58.5 Å². The van der Waals surface area contributed by atoms with Crippen molar-refractivity contribution in [1.29, 1.82) is 0 Å². The Morgan fingerprint density at radius 3 is 2.40 bits per heavy atom. The van der Waals surface area contributed by atoms with Crippen LogP contribution in [0.4, 0.5) is 5.69 Å². The molecular formula is C35H44N6O4. The highest BCUT2D eigenvalue weighted by Gasteiger charge is 2.29. The summed E-state index contributed by atoms with van der Waals surface area (Å²) in [6.45, 7) is 11.9. The van der Waals surface area contributed by atoms with Crippen LogP contribution in [0.25, 0.3) is 22.2 Å². The number of hydrogen-bond donors (Lipinski definition) is 2. The monoisotopic (exact) mass is 612 g/mol. The number of aromatic nitrogens is 3. The summed E-state index contributed by atoms with van der Waals surface area (Å²) in [5.74, 6) is -0.229. The van der Waals surface area contributed by atoms with Crippen LogP contribution >= 0.6 is 0 Å². The number of nitrogens with zero attached hydrogens (tertiary/aromatic N) is 4. The molecule has 45 heavy (non-hydrogen) atoms. The van der Waals surface area contributed by atoms with Gasteiger partial charge < -0.3 is 24.8 Å². The van der Waals surface area contributed by atoms with Crippen molar-refractivity contribution < 1.29 is 9.53 Å². The predicted molar refractivity (Wildman–Crippen MR) is 178 cm³/mol. The van der Waals surface area contributed by atoms with Gasteiger partial charge in [-0.25, -0.2) is 4.79 Å². The number of ether oxygens (including phenoxy) is 1. The van der Waals surface area contributed by atoms with Crippen molar-refractivity contribution in [1.82, 2.24) is 24.3 Å². The van der Waals surface area contributed by atoms with E-state index in [2.05, 4.69) is 46.2 Å². The van der Waals surface area contributed by atoms with Gasteiger partial charge in [-0.05, 0) is 100 Å². The van der Waals surface area contributed by atoms with Gasteiger partial charge in [-0.15, -0.1) is 0 Å². The van der Waals surface area contributed by atoms with Crippen LogP contribution in [0.3, 0.4) is 0 Å². The number of H-pyrrole nitrogens is 1. The van der Waals surface area contributed by atoms with Crippen LogP contribution in [0.2, 0.25) is 0 Å². The summed E-state index contributed by atoms with van der Waals surface area (Å²) in [5, 5.41) is 3.03. The molecule has 0 radical (unpaired) electrons. The topological polar surface area (TPSA) is 105 Å². The molecule has 4 aromatic rings. The van der Waals surface area contributed by atoms with E-state index in [1.54, 1.807) is 4.57 Å². The van der Waals surface area contributed by atoms with Gasteiger partial charge in [0.15, 0.2) is 0 Å². The lowest BCUT2D eigenvalue weighted by atomic mass is 9.95. The van der Waals surface area contributed by atoms with Gasteiger partial charge in [0.05, 0.1) is 17.1 Å². The molecule has 2 N–H and O–H groups in total. The van der Waals surface area contributed by atoms with Crippen molar-refractivity contribution in [2.24, 2.45) is 7.05 Å². The number of hydrogen-bond acceptors (Lipinski definition) is 6. The number of pyridine rings is 1. The van der Waals surface area contributed by atoms with E-state index in [0.717, 1.165) is 90.4 Å². The molecule has 2 aliphatic rings. The number of likely N-dealkylation sites (N-methyl/N-ethyl adjacent to an activating group) is 1. The number of imidazole rings is 1. The highest BCUT2D eigenvalue weighted by Crippen LogP contribution is 2.35. The van der Waals surface area contributed by atoms with E-state index in [4.69, 9.17) is 4.74 Å². The molecule has 2 aromatic carbocycles. The number of amides is 1. The first-order valence-corrected chi connectivity index (χ1v) is 15.9. The van der Waals surface area contributed by atoms with E-state index in [9.17, 15) is 14.4 Å². The Kier molecular flexibility index (Phi) is 8.45. The molecule has 6 rings (SSSR count). The van der Waals surface area contributed by atoms with Crippen LogP contribution in [0.15, 0.2) is 46.0 Å². The zero-order valence-corrected chi connectivity index (χ0v) is 27.2. The average Bonchev–Trinajstić information content (AvgIpc) is 3.24.